The van der Waals surface area contributed by atoms with E-state index in [0.29, 0.717) is 11.7 Å². The first-order valence-electron chi connectivity index (χ1n) is 6.22. The van der Waals surface area contributed by atoms with Crippen molar-refractivity contribution in [2.45, 2.75) is 25.3 Å². The standard InChI is InChI=1S/C13H17N3O/c1-14-10-3-5-12(15-7-10)13(17)16-8-9-2-4-11(16)6-9/h3,5,7,9,11,14H,2,4,6,8H2,1H3. The molecule has 1 aliphatic heterocycles. The molecule has 2 bridgehead atoms. The summed E-state index contributed by atoms with van der Waals surface area (Å²) in [6.45, 7) is 0.930. The van der Waals surface area contributed by atoms with Gasteiger partial charge in [-0.05, 0) is 37.3 Å². The minimum Gasteiger partial charge on any atom is -0.387 e. The molecule has 2 atom stereocenters. The molecule has 4 nitrogen and oxygen atoms in total. The van der Waals surface area contributed by atoms with Gasteiger partial charge in [-0.2, -0.15) is 0 Å². The second kappa shape index (κ2) is 4.02. The van der Waals surface area contributed by atoms with Crippen molar-refractivity contribution in [2.24, 2.45) is 5.92 Å². The maximum Gasteiger partial charge on any atom is 0.272 e. The highest BCUT2D eigenvalue weighted by Crippen LogP contribution is 2.37. The van der Waals surface area contributed by atoms with Gasteiger partial charge in [0.2, 0.25) is 0 Å². The molecule has 4 heteroatoms. The molecular formula is C13H17N3O. The van der Waals surface area contributed by atoms with Gasteiger partial charge >= 0.3 is 0 Å². The predicted octanol–water partition coefficient (Wildman–Crippen LogP) is 1.75. The van der Waals surface area contributed by atoms with Crippen LogP contribution in [0, 0.1) is 5.92 Å². The predicted molar refractivity (Wildman–Crippen MR) is 65.9 cm³/mol. The smallest absolute Gasteiger partial charge is 0.272 e. The Morgan fingerprint density at radius 2 is 2.35 bits per heavy atom. The Morgan fingerprint density at radius 1 is 1.47 bits per heavy atom. The molecule has 1 N–H and O–H groups in total. The topological polar surface area (TPSA) is 45.2 Å². The second-order valence-electron chi connectivity index (χ2n) is 4.97. The van der Waals surface area contributed by atoms with Crippen LogP contribution in [0.2, 0.25) is 0 Å². The van der Waals surface area contributed by atoms with Crippen molar-refractivity contribution in [1.29, 1.82) is 0 Å². The minimum absolute atomic E-state index is 0.0971. The van der Waals surface area contributed by atoms with Gasteiger partial charge in [0, 0.05) is 19.6 Å². The van der Waals surface area contributed by atoms with Crippen LogP contribution in [-0.4, -0.2) is 35.4 Å². The lowest BCUT2D eigenvalue weighted by atomic mass is 10.1. The van der Waals surface area contributed by atoms with Gasteiger partial charge in [0.05, 0.1) is 11.9 Å². The average molecular weight is 231 g/mol. The van der Waals surface area contributed by atoms with Gasteiger partial charge in [-0.25, -0.2) is 4.98 Å². The van der Waals surface area contributed by atoms with E-state index in [0.717, 1.165) is 18.2 Å². The van der Waals surface area contributed by atoms with Crippen LogP contribution in [0.1, 0.15) is 29.8 Å². The SMILES string of the molecule is CNc1ccc(C(=O)N2CC3CCC2C3)nc1. The van der Waals surface area contributed by atoms with Crippen molar-refractivity contribution in [3.63, 3.8) is 0 Å². The summed E-state index contributed by atoms with van der Waals surface area (Å²) >= 11 is 0. The van der Waals surface area contributed by atoms with E-state index in [1.807, 2.05) is 18.0 Å². The summed E-state index contributed by atoms with van der Waals surface area (Å²) in [6.07, 6.45) is 5.37. The van der Waals surface area contributed by atoms with Gasteiger partial charge in [-0.15, -0.1) is 0 Å². The molecule has 1 aromatic rings. The number of piperidine rings is 1. The average Bonchev–Trinajstić information content (AvgIpc) is 3.00. The van der Waals surface area contributed by atoms with Crippen LogP contribution in [-0.2, 0) is 0 Å². The van der Waals surface area contributed by atoms with Crippen molar-refractivity contribution in [1.82, 2.24) is 9.88 Å². The largest absolute Gasteiger partial charge is 0.387 e. The first-order chi connectivity index (χ1) is 8.28. The maximum atomic E-state index is 12.3. The van der Waals surface area contributed by atoms with E-state index < -0.39 is 0 Å². The summed E-state index contributed by atoms with van der Waals surface area (Å²) in [5.74, 6) is 0.834. The highest BCUT2D eigenvalue weighted by atomic mass is 16.2. The number of hydrogen-bond donors (Lipinski definition) is 1. The number of likely N-dealkylation sites (tertiary alicyclic amines) is 1. The summed E-state index contributed by atoms with van der Waals surface area (Å²) in [4.78, 5) is 18.5. The summed E-state index contributed by atoms with van der Waals surface area (Å²) in [5.41, 5.74) is 1.50. The van der Waals surface area contributed by atoms with Crippen molar-refractivity contribution < 1.29 is 4.79 Å². The number of amides is 1. The Morgan fingerprint density at radius 3 is 2.88 bits per heavy atom. The molecule has 1 amide bonds. The lowest BCUT2D eigenvalue weighted by Gasteiger charge is -2.26. The van der Waals surface area contributed by atoms with E-state index in [2.05, 4.69) is 10.3 Å². The van der Waals surface area contributed by atoms with Crippen LogP contribution in [0.4, 0.5) is 5.69 Å². The van der Waals surface area contributed by atoms with E-state index in [4.69, 9.17) is 0 Å². The molecule has 0 spiro atoms. The zero-order chi connectivity index (χ0) is 11.8. The van der Waals surface area contributed by atoms with Crippen LogP contribution in [0.5, 0.6) is 0 Å². The minimum atomic E-state index is 0.0971. The Labute approximate surface area is 101 Å². The molecule has 0 radical (unpaired) electrons. The molecule has 0 aromatic carbocycles. The summed E-state index contributed by atoms with van der Waals surface area (Å²) in [6, 6.07) is 4.17. The molecule has 2 heterocycles. The van der Waals surface area contributed by atoms with Crippen LogP contribution in [0.15, 0.2) is 18.3 Å². The number of rotatable bonds is 2. The number of pyridine rings is 1. The van der Waals surface area contributed by atoms with Crippen molar-refractivity contribution in [2.75, 3.05) is 18.9 Å². The van der Waals surface area contributed by atoms with E-state index in [-0.39, 0.29) is 5.91 Å². The highest BCUT2D eigenvalue weighted by Gasteiger charge is 2.40. The molecule has 2 aliphatic rings. The summed E-state index contributed by atoms with van der Waals surface area (Å²) in [5, 5.41) is 3.00. The third kappa shape index (κ3) is 1.77. The number of aromatic nitrogens is 1. The molecule has 3 rings (SSSR count). The maximum absolute atomic E-state index is 12.3. The van der Waals surface area contributed by atoms with E-state index in [9.17, 15) is 4.79 Å². The van der Waals surface area contributed by atoms with Gasteiger partial charge in [0.15, 0.2) is 0 Å². The lowest BCUT2D eigenvalue weighted by Crippen LogP contribution is -2.38. The Kier molecular flexibility index (Phi) is 2.50. The van der Waals surface area contributed by atoms with Gasteiger partial charge in [0.25, 0.3) is 5.91 Å². The number of nitrogens with zero attached hydrogens (tertiary/aromatic N) is 2. The second-order valence-corrected chi connectivity index (χ2v) is 4.97. The fourth-order valence-corrected chi connectivity index (χ4v) is 2.99. The first kappa shape index (κ1) is 10.6. The molecule has 2 fully saturated rings. The molecule has 2 unspecified atom stereocenters. The molecule has 17 heavy (non-hydrogen) atoms. The number of carbonyl (C=O) groups is 1. The number of anilines is 1. The molecule has 1 aliphatic carbocycles. The molecule has 90 valence electrons. The Balaban J connectivity index is 1.77. The number of nitrogens with one attached hydrogen (secondary N) is 1. The number of hydrogen-bond acceptors (Lipinski definition) is 3. The van der Waals surface area contributed by atoms with Crippen LogP contribution in [0.25, 0.3) is 0 Å². The highest BCUT2D eigenvalue weighted by molar-refractivity contribution is 5.93. The summed E-state index contributed by atoms with van der Waals surface area (Å²) in [7, 11) is 1.85. The van der Waals surface area contributed by atoms with Crippen LogP contribution < -0.4 is 5.32 Å². The first-order valence-corrected chi connectivity index (χ1v) is 6.22. The van der Waals surface area contributed by atoms with E-state index in [1.165, 1.54) is 19.3 Å². The molecule has 1 saturated heterocycles. The monoisotopic (exact) mass is 231 g/mol. The fraction of sp³-hybridized carbons (Fsp3) is 0.538. The van der Waals surface area contributed by atoms with Gasteiger partial charge < -0.3 is 10.2 Å². The third-order valence-electron chi connectivity index (χ3n) is 3.94. The Bertz CT molecular complexity index is 429. The molecule has 1 aromatic heterocycles. The van der Waals surface area contributed by atoms with Crippen molar-refractivity contribution in [3.05, 3.63) is 24.0 Å². The van der Waals surface area contributed by atoms with Gasteiger partial charge in [-0.1, -0.05) is 0 Å². The van der Waals surface area contributed by atoms with Crippen molar-refractivity contribution >= 4 is 11.6 Å². The Hall–Kier alpha value is -1.58. The van der Waals surface area contributed by atoms with Crippen LogP contribution >= 0.6 is 0 Å². The lowest BCUT2D eigenvalue weighted by molar-refractivity contribution is 0.0697. The zero-order valence-electron chi connectivity index (χ0n) is 10.0. The number of carbonyl (C=O) groups excluding carboxylic acids is 1. The summed E-state index contributed by atoms with van der Waals surface area (Å²) < 4.78 is 0. The molecule has 1 saturated carbocycles. The number of fused-ring (bicyclic) bond motifs is 2. The van der Waals surface area contributed by atoms with Gasteiger partial charge in [-0.3, -0.25) is 4.79 Å². The molecular weight excluding hydrogens is 214 g/mol. The zero-order valence-corrected chi connectivity index (χ0v) is 10.0. The quantitative estimate of drug-likeness (QED) is 0.843. The van der Waals surface area contributed by atoms with Gasteiger partial charge in [0.1, 0.15) is 5.69 Å². The van der Waals surface area contributed by atoms with Crippen LogP contribution in [0.3, 0.4) is 0 Å². The van der Waals surface area contributed by atoms with Crippen molar-refractivity contribution in [3.8, 4) is 0 Å². The fourth-order valence-electron chi connectivity index (χ4n) is 2.99. The van der Waals surface area contributed by atoms with E-state index in [1.54, 1.807) is 12.3 Å². The van der Waals surface area contributed by atoms with E-state index >= 15 is 0 Å². The third-order valence-corrected chi connectivity index (χ3v) is 3.94. The normalized spacial score (nSPS) is 26.3.